The summed E-state index contributed by atoms with van der Waals surface area (Å²) in [5.41, 5.74) is 2.47. The Morgan fingerprint density at radius 3 is 2.56 bits per heavy atom. The molecule has 0 unspecified atom stereocenters. The lowest BCUT2D eigenvalue weighted by molar-refractivity contribution is 0.0697. The lowest BCUT2D eigenvalue weighted by atomic mass is 10.1. The zero-order chi connectivity index (χ0) is 11.4. The molecule has 0 radical (unpaired) electrons. The van der Waals surface area contributed by atoms with Crippen molar-refractivity contribution in [1.82, 2.24) is 0 Å². The van der Waals surface area contributed by atoms with Crippen LogP contribution in [0.15, 0.2) is 41.1 Å². The summed E-state index contributed by atoms with van der Waals surface area (Å²) in [6.07, 6.45) is 0. The standard InChI is InChI=1S/C12H11NO2S/c14-12(15)10-3-1-9(2-4-10)7-13-11-5-6-16-8-11/h1-6,8,13H,7H2,(H,14,15). The summed E-state index contributed by atoms with van der Waals surface area (Å²) in [6.45, 7) is 0.705. The van der Waals surface area contributed by atoms with Crippen molar-refractivity contribution in [2.45, 2.75) is 6.54 Å². The largest absolute Gasteiger partial charge is 0.478 e. The highest BCUT2D eigenvalue weighted by atomic mass is 32.1. The monoisotopic (exact) mass is 233 g/mol. The van der Waals surface area contributed by atoms with Crippen LogP contribution in [-0.2, 0) is 6.54 Å². The maximum absolute atomic E-state index is 10.6. The summed E-state index contributed by atoms with van der Waals surface area (Å²) in [7, 11) is 0. The molecular formula is C12H11NO2S. The first-order valence-corrected chi connectivity index (χ1v) is 5.78. The number of hydrogen-bond acceptors (Lipinski definition) is 3. The summed E-state index contributed by atoms with van der Waals surface area (Å²) in [4.78, 5) is 10.6. The summed E-state index contributed by atoms with van der Waals surface area (Å²) in [5, 5.41) is 16.0. The van der Waals surface area contributed by atoms with E-state index in [4.69, 9.17) is 5.11 Å². The lowest BCUT2D eigenvalue weighted by Crippen LogP contribution is -2.00. The highest BCUT2D eigenvalue weighted by Crippen LogP contribution is 2.13. The molecular weight excluding hydrogens is 222 g/mol. The topological polar surface area (TPSA) is 49.3 Å². The average molecular weight is 233 g/mol. The Morgan fingerprint density at radius 1 is 1.25 bits per heavy atom. The highest BCUT2D eigenvalue weighted by Gasteiger charge is 2.01. The predicted molar refractivity (Wildman–Crippen MR) is 65.0 cm³/mol. The molecule has 2 rings (SSSR count). The molecule has 0 spiro atoms. The molecule has 2 aromatic rings. The second-order valence-corrected chi connectivity index (χ2v) is 4.15. The number of thiophene rings is 1. The number of rotatable bonds is 4. The van der Waals surface area contributed by atoms with Gasteiger partial charge in [-0.15, -0.1) is 0 Å². The number of nitrogens with one attached hydrogen (secondary N) is 1. The van der Waals surface area contributed by atoms with E-state index in [9.17, 15) is 4.79 Å². The summed E-state index contributed by atoms with van der Waals surface area (Å²) >= 11 is 1.64. The zero-order valence-electron chi connectivity index (χ0n) is 8.51. The number of carboxylic acid groups (broad SMARTS) is 1. The fourth-order valence-corrected chi connectivity index (χ4v) is 1.95. The third-order valence-electron chi connectivity index (χ3n) is 2.22. The molecule has 16 heavy (non-hydrogen) atoms. The van der Waals surface area contributed by atoms with Gasteiger partial charge in [0.2, 0.25) is 0 Å². The third kappa shape index (κ3) is 2.61. The van der Waals surface area contributed by atoms with Crippen molar-refractivity contribution in [3.8, 4) is 0 Å². The van der Waals surface area contributed by atoms with Crippen molar-refractivity contribution in [3.63, 3.8) is 0 Å². The van der Waals surface area contributed by atoms with Crippen molar-refractivity contribution in [3.05, 3.63) is 52.2 Å². The molecule has 1 aromatic carbocycles. The number of aromatic carboxylic acids is 1. The Hall–Kier alpha value is -1.81. The van der Waals surface area contributed by atoms with Crippen LogP contribution in [-0.4, -0.2) is 11.1 Å². The van der Waals surface area contributed by atoms with E-state index in [1.165, 1.54) is 0 Å². The number of anilines is 1. The molecule has 82 valence electrons. The Bertz CT molecular complexity index is 462. The minimum atomic E-state index is -0.891. The summed E-state index contributed by atoms with van der Waals surface area (Å²) < 4.78 is 0. The van der Waals surface area contributed by atoms with Gasteiger partial charge in [0.1, 0.15) is 0 Å². The first-order chi connectivity index (χ1) is 7.75. The molecule has 0 aliphatic heterocycles. The van der Waals surface area contributed by atoms with Crippen LogP contribution in [0.4, 0.5) is 5.69 Å². The highest BCUT2D eigenvalue weighted by molar-refractivity contribution is 7.08. The summed E-state index contributed by atoms with van der Waals surface area (Å²) in [6, 6.07) is 8.89. The van der Waals surface area contributed by atoms with Crippen LogP contribution >= 0.6 is 11.3 Å². The molecule has 0 atom stereocenters. The Kier molecular flexibility index (Phi) is 3.22. The average Bonchev–Trinajstić information content (AvgIpc) is 2.80. The minimum absolute atomic E-state index is 0.319. The van der Waals surface area contributed by atoms with Crippen LogP contribution in [0.2, 0.25) is 0 Å². The van der Waals surface area contributed by atoms with Crippen molar-refractivity contribution in [2.75, 3.05) is 5.32 Å². The first kappa shape index (κ1) is 10.7. The maximum atomic E-state index is 10.6. The molecule has 0 aliphatic carbocycles. The first-order valence-electron chi connectivity index (χ1n) is 4.84. The van der Waals surface area contributed by atoms with Crippen LogP contribution in [0.25, 0.3) is 0 Å². The molecule has 0 bridgehead atoms. The molecule has 0 aliphatic rings. The maximum Gasteiger partial charge on any atom is 0.335 e. The van der Waals surface area contributed by atoms with Crippen molar-refractivity contribution >= 4 is 23.0 Å². The molecule has 4 heteroatoms. The van der Waals surface area contributed by atoms with Crippen LogP contribution < -0.4 is 5.32 Å². The smallest absolute Gasteiger partial charge is 0.335 e. The van der Waals surface area contributed by atoms with E-state index < -0.39 is 5.97 Å². The van der Waals surface area contributed by atoms with Crippen molar-refractivity contribution in [1.29, 1.82) is 0 Å². The number of carbonyl (C=O) groups is 1. The van der Waals surface area contributed by atoms with E-state index in [1.807, 2.05) is 29.0 Å². The van der Waals surface area contributed by atoms with Gasteiger partial charge in [-0.3, -0.25) is 0 Å². The molecule has 0 fully saturated rings. The second-order valence-electron chi connectivity index (χ2n) is 3.37. The second kappa shape index (κ2) is 4.81. The Labute approximate surface area is 97.4 Å². The van der Waals surface area contributed by atoms with Crippen LogP contribution in [0, 0.1) is 0 Å². The number of carboxylic acids is 1. The van der Waals surface area contributed by atoms with E-state index >= 15 is 0 Å². The Balaban J connectivity index is 1.98. The third-order valence-corrected chi connectivity index (χ3v) is 2.90. The lowest BCUT2D eigenvalue weighted by Gasteiger charge is -2.04. The van der Waals surface area contributed by atoms with Gasteiger partial charge >= 0.3 is 5.97 Å². The van der Waals surface area contributed by atoms with Gasteiger partial charge in [-0.2, -0.15) is 11.3 Å². The molecule has 1 aromatic heterocycles. The number of hydrogen-bond donors (Lipinski definition) is 2. The normalized spacial score (nSPS) is 10.0. The van der Waals surface area contributed by atoms with Gasteiger partial charge in [0.15, 0.2) is 0 Å². The van der Waals surface area contributed by atoms with Gasteiger partial charge in [-0.05, 0) is 29.1 Å². The van der Waals surface area contributed by atoms with E-state index in [0.29, 0.717) is 12.1 Å². The van der Waals surface area contributed by atoms with E-state index in [0.717, 1.165) is 11.3 Å². The van der Waals surface area contributed by atoms with Crippen LogP contribution in [0.1, 0.15) is 15.9 Å². The quantitative estimate of drug-likeness (QED) is 0.853. The van der Waals surface area contributed by atoms with Crippen molar-refractivity contribution < 1.29 is 9.90 Å². The fraction of sp³-hybridized carbons (Fsp3) is 0.0833. The fourth-order valence-electron chi connectivity index (χ4n) is 1.33. The van der Waals surface area contributed by atoms with Gasteiger partial charge in [-0.1, -0.05) is 12.1 Å². The molecule has 0 saturated carbocycles. The Morgan fingerprint density at radius 2 is 2.00 bits per heavy atom. The summed E-state index contributed by atoms with van der Waals surface area (Å²) in [5.74, 6) is -0.891. The van der Waals surface area contributed by atoms with Crippen molar-refractivity contribution in [2.24, 2.45) is 0 Å². The van der Waals surface area contributed by atoms with Gasteiger partial charge in [0.05, 0.1) is 5.56 Å². The van der Waals surface area contributed by atoms with Crippen LogP contribution in [0.5, 0.6) is 0 Å². The minimum Gasteiger partial charge on any atom is -0.478 e. The van der Waals surface area contributed by atoms with Crippen LogP contribution in [0.3, 0.4) is 0 Å². The SMILES string of the molecule is O=C(O)c1ccc(CNc2ccsc2)cc1. The van der Waals surface area contributed by atoms with E-state index in [1.54, 1.807) is 23.5 Å². The van der Waals surface area contributed by atoms with E-state index in [2.05, 4.69) is 5.32 Å². The molecule has 2 N–H and O–H groups in total. The van der Waals surface area contributed by atoms with Gasteiger partial charge < -0.3 is 10.4 Å². The molecule has 1 heterocycles. The van der Waals surface area contributed by atoms with Gasteiger partial charge in [0, 0.05) is 17.6 Å². The van der Waals surface area contributed by atoms with E-state index in [-0.39, 0.29) is 0 Å². The molecule has 0 amide bonds. The predicted octanol–water partition coefficient (Wildman–Crippen LogP) is 3.06. The zero-order valence-corrected chi connectivity index (χ0v) is 9.33. The van der Waals surface area contributed by atoms with Gasteiger partial charge in [0.25, 0.3) is 0 Å². The number of benzene rings is 1. The van der Waals surface area contributed by atoms with Gasteiger partial charge in [-0.25, -0.2) is 4.79 Å². The molecule has 0 saturated heterocycles. The molecule has 3 nitrogen and oxygen atoms in total.